The van der Waals surface area contributed by atoms with Crippen LogP contribution in [0.25, 0.3) is 10.7 Å². The lowest BCUT2D eigenvalue weighted by atomic mass is 10.2. The summed E-state index contributed by atoms with van der Waals surface area (Å²) in [5.41, 5.74) is 4.90. The van der Waals surface area contributed by atoms with Gasteiger partial charge in [-0.25, -0.2) is 15.8 Å². The Morgan fingerprint density at radius 2 is 2.22 bits per heavy atom. The molecule has 3 rings (SSSR count). The average Bonchev–Trinajstić information content (AvgIpc) is 2.95. The number of hydrogen-bond acceptors (Lipinski definition) is 5. The van der Waals surface area contributed by atoms with Gasteiger partial charge in [0.25, 0.3) is 0 Å². The Labute approximate surface area is 122 Å². The second-order valence-electron chi connectivity index (χ2n) is 4.05. The summed E-state index contributed by atoms with van der Waals surface area (Å²) < 4.78 is 1.58. The van der Waals surface area contributed by atoms with Crippen molar-refractivity contribution in [3.8, 4) is 10.7 Å². The minimum absolute atomic E-state index is 0.682. The molecule has 0 saturated heterocycles. The SMILES string of the molecule is NNc1nc(-c2cc(Br)c(Cl)s2)nc2c1CCC2. The van der Waals surface area contributed by atoms with Crippen LogP contribution in [0.15, 0.2) is 10.5 Å². The number of nitrogens with zero attached hydrogens (tertiary/aromatic N) is 2. The molecule has 2 heterocycles. The number of thiophene rings is 1. The first-order chi connectivity index (χ1) is 8.69. The second-order valence-corrected chi connectivity index (χ2v) is 6.56. The number of aryl methyl sites for hydroxylation is 1. The van der Waals surface area contributed by atoms with Crippen LogP contribution in [-0.2, 0) is 12.8 Å². The summed E-state index contributed by atoms with van der Waals surface area (Å²) in [5, 5.41) is 0. The van der Waals surface area contributed by atoms with Crippen molar-refractivity contribution < 1.29 is 0 Å². The van der Waals surface area contributed by atoms with E-state index < -0.39 is 0 Å². The first-order valence-electron chi connectivity index (χ1n) is 5.50. The molecular weight excluding hydrogens is 336 g/mol. The van der Waals surface area contributed by atoms with E-state index in [1.54, 1.807) is 0 Å². The van der Waals surface area contributed by atoms with Crippen LogP contribution in [-0.4, -0.2) is 9.97 Å². The second kappa shape index (κ2) is 4.77. The van der Waals surface area contributed by atoms with E-state index in [0.717, 1.165) is 45.7 Å². The Morgan fingerprint density at radius 3 is 2.89 bits per heavy atom. The molecule has 1 aliphatic carbocycles. The first kappa shape index (κ1) is 12.3. The largest absolute Gasteiger partial charge is 0.308 e. The molecule has 0 radical (unpaired) electrons. The third-order valence-corrected chi connectivity index (χ3v) is 5.41. The van der Waals surface area contributed by atoms with Crippen molar-refractivity contribution in [1.29, 1.82) is 0 Å². The molecule has 0 amide bonds. The van der Waals surface area contributed by atoms with E-state index in [2.05, 4.69) is 31.3 Å². The van der Waals surface area contributed by atoms with E-state index >= 15 is 0 Å². The summed E-state index contributed by atoms with van der Waals surface area (Å²) in [4.78, 5) is 10.0. The van der Waals surface area contributed by atoms with Crippen molar-refractivity contribution in [2.24, 2.45) is 5.84 Å². The lowest BCUT2D eigenvalue weighted by Crippen LogP contribution is -2.12. The molecular formula is C11H10BrClN4S. The van der Waals surface area contributed by atoms with Crippen LogP contribution in [0.1, 0.15) is 17.7 Å². The maximum atomic E-state index is 6.05. The van der Waals surface area contributed by atoms with Gasteiger partial charge in [0.1, 0.15) is 10.2 Å². The van der Waals surface area contributed by atoms with Gasteiger partial charge in [0.15, 0.2) is 5.82 Å². The molecule has 0 bridgehead atoms. The number of hydrogen-bond donors (Lipinski definition) is 2. The zero-order valence-corrected chi connectivity index (χ0v) is 12.5. The normalized spacial score (nSPS) is 13.7. The smallest absolute Gasteiger partial charge is 0.172 e. The molecule has 1 aliphatic rings. The molecule has 0 unspecified atom stereocenters. The zero-order valence-electron chi connectivity index (χ0n) is 9.33. The molecule has 3 N–H and O–H groups in total. The summed E-state index contributed by atoms with van der Waals surface area (Å²) in [5.74, 6) is 6.94. The average molecular weight is 346 g/mol. The van der Waals surface area contributed by atoms with Crippen molar-refractivity contribution >= 4 is 44.7 Å². The molecule has 0 fully saturated rings. The molecule has 2 aromatic heterocycles. The number of anilines is 1. The lowest BCUT2D eigenvalue weighted by Gasteiger charge is -2.07. The third-order valence-electron chi connectivity index (χ3n) is 2.94. The molecule has 0 aliphatic heterocycles. The third kappa shape index (κ3) is 2.03. The summed E-state index contributed by atoms with van der Waals surface area (Å²) >= 11 is 10.9. The van der Waals surface area contributed by atoms with Gasteiger partial charge in [0.2, 0.25) is 0 Å². The van der Waals surface area contributed by atoms with Crippen LogP contribution in [0.2, 0.25) is 4.34 Å². The van der Waals surface area contributed by atoms with Gasteiger partial charge in [-0.2, -0.15) is 0 Å². The monoisotopic (exact) mass is 344 g/mol. The molecule has 0 spiro atoms. The van der Waals surface area contributed by atoms with Crippen LogP contribution in [0.3, 0.4) is 0 Å². The Bertz CT molecular complexity index is 594. The molecule has 4 nitrogen and oxygen atoms in total. The quantitative estimate of drug-likeness (QED) is 0.647. The highest BCUT2D eigenvalue weighted by Crippen LogP contribution is 2.38. The van der Waals surface area contributed by atoms with Gasteiger partial charge in [0.05, 0.1) is 4.88 Å². The fraction of sp³-hybridized carbons (Fsp3) is 0.273. The minimum atomic E-state index is 0.682. The maximum absolute atomic E-state index is 6.05. The van der Waals surface area contributed by atoms with Gasteiger partial charge in [-0.15, -0.1) is 11.3 Å². The van der Waals surface area contributed by atoms with Gasteiger partial charge in [-0.3, -0.25) is 0 Å². The fourth-order valence-corrected chi connectivity index (χ4v) is 3.75. The number of nitrogens with two attached hydrogens (primary N) is 1. The first-order valence-corrected chi connectivity index (χ1v) is 7.49. The van der Waals surface area contributed by atoms with Crippen LogP contribution >= 0.6 is 38.9 Å². The number of rotatable bonds is 2. The number of halogens is 2. The Hall–Kier alpha value is -0.690. The standard InChI is InChI=1S/C11H10BrClN4S/c12-6-4-8(18-9(6)13)11-15-7-3-1-2-5(7)10(16-11)17-14/h4H,1-3,14H2,(H,15,16,17). The number of hydrazine groups is 1. The van der Waals surface area contributed by atoms with Crippen LogP contribution in [0.5, 0.6) is 0 Å². The maximum Gasteiger partial charge on any atom is 0.172 e. The zero-order chi connectivity index (χ0) is 12.7. The van der Waals surface area contributed by atoms with Crippen LogP contribution < -0.4 is 11.3 Å². The van der Waals surface area contributed by atoms with E-state index in [4.69, 9.17) is 17.4 Å². The highest BCUT2D eigenvalue weighted by Gasteiger charge is 2.20. The fourth-order valence-electron chi connectivity index (χ4n) is 2.12. The summed E-state index contributed by atoms with van der Waals surface area (Å²) in [6.45, 7) is 0. The topological polar surface area (TPSA) is 63.8 Å². The number of fused-ring (bicyclic) bond motifs is 1. The van der Waals surface area contributed by atoms with E-state index in [1.165, 1.54) is 11.3 Å². The van der Waals surface area contributed by atoms with Crippen molar-refractivity contribution in [3.63, 3.8) is 0 Å². The summed E-state index contributed by atoms with van der Waals surface area (Å²) in [6, 6.07) is 1.93. The van der Waals surface area contributed by atoms with E-state index in [9.17, 15) is 0 Å². The van der Waals surface area contributed by atoms with Gasteiger partial charge in [0, 0.05) is 15.7 Å². The van der Waals surface area contributed by atoms with Crippen LogP contribution in [0.4, 0.5) is 5.82 Å². The van der Waals surface area contributed by atoms with Gasteiger partial charge < -0.3 is 5.43 Å². The molecule has 2 aromatic rings. The van der Waals surface area contributed by atoms with Crippen molar-refractivity contribution in [1.82, 2.24) is 9.97 Å². The molecule has 0 atom stereocenters. The summed E-state index contributed by atoms with van der Waals surface area (Å²) in [6.07, 6.45) is 3.08. The number of nitrogens with one attached hydrogen (secondary N) is 1. The highest BCUT2D eigenvalue weighted by molar-refractivity contribution is 9.10. The van der Waals surface area contributed by atoms with E-state index in [0.29, 0.717) is 10.2 Å². The summed E-state index contributed by atoms with van der Waals surface area (Å²) in [7, 11) is 0. The molecule has 0 saturated carbocycles. The van der Waals surface area contributed by atoms with Crippen molar-refractivity contribution in [2.45, 2.75) is 19.3 Å². The molecule has 94 valence electrons. The lowest BCUT2D eigenvalue weighted by molar-refractivity contribution is 0.900. The van der Waals surface area contributed by atoms with Crippen molar-refractivity contribution in [2.75, 3.05) is 5.43 Å². The predicted molar refractivity (Wildman–Crippen MR) is 77.9 cm³/mol. The van der Waals surface area contributed by atoms with Gasteiger partial charge in [-0.05, 0) is 41.3 Å². The number of aromatic nitrogens is 2. The molecule has 7 heteroatoms. The minimum Gasteiger partial charge on any atom is -0.308 e. The van der Waals surface area contributed by atoms with E-state index in [-0.39, 0.29) is 0 Å². The molecule has 18 heavy (non-hydrogen) atoms. The Balaban J connectivity index is 2.13. The van der Waals surface area contributed by atoms with E-state index in [1.807, 2.05) is 6.07 Å². The predicted octanol–water partition coefficient (Wildman–Crippen LogP) is 3.40. The highest BCUT2D eigenvalue weighted by atomic mass is 79.9. The Morgan fingerprint density at radius 1 is 1.39 bits per heavy atom. The van der Waals surface area contributed by atoms with Crippen LogP contribution in [0, 0.1) is 0 Å². The molecule has 0 aromatic carbocycles. The van der Waals surface area contributed by atoms with Gasteiger partial charge in [-0.1, -0.05) is 11.6 Å². The number of nitrogen functional groups attached to an aromatic ring is 1. The van der Waals surface area contributed by atoms with Gasteiger partial charge >= 0.3 is 0 Å². The Kier molecular flexibility index (Phi) is 3.27. The van der Waals surface area contributed by atoms with Crippen molar-refractivity contribution in [3.05, 3.63) is 26.1 Å².